The van der Waals surface area contributed by atoms with Gasteiger partial charge in [-0.1, -0.05) is 24.3 Å². The van der Waals surface area contributed by atoms with E-state index in [1.165, 1.54) is 11.1 Å². The highest BCUT2D eigenvalue weighted by molar-refractivity contribution is 5.26. The van der Waals surface area contributed by atoms with Crippen molar-refractivity contribution < 1.29 is 0 Å². The van der Waals surface area contributed by atoms with Crippen molar-refractivity contribution in [1.29, 1.82) is 0 Å². The largest absolute Gasteiger partial charge is 0.326 e. The topological polar surface area (TPSA) is 32.5 Å². The summed E-state index contributed by atoms with van der Waals surface area (Å²) in [7, 11) is 2.20. The number of hydrogen-bond donors (Lipinski definition) is 1. The first-order valence-electron chi connectivity index (χ1n) is 6.40. The molecule has 0 aromatic heterocycles. The maximum atomic E-state index is 5.79. The molecule has 0 bridgehead atoms. The molecule has 1 saturated heterocycles. The molecule has 3 nitrogen and oxygen atoms in total. The van der Waals surface area contributed by atoms with Crippen LogP contribution < -0.4 is 5.73 Å². The molecule has 1 unspecified atom stereocenters. The Morgan fingerprint density at radius 3 is 2.59 bits per heavy atom. The van der Waals surface area contributed by atoms with E-state index < -0.39 is 0 Å². The Balaban J connectivity index is 2.05. The van der Waals surface area contributed by atoms with Crippen molar-refractivity contribution in [3.8, 4) is 0 Å². The van der Waals surface area contributed by atoms with Gasteiger partial charge in [-0.05, 0) is 25.1 Å². The zero-order chi connectivity index (χ0) is 12.3. The Morgan fingerprint density at radius 2 is 1.94 bits per heavy atom. The molecule has 2 N–H and O–H groups in total. The molecular formula is C14H23N3. The second-order valence-corrected chi connectivity index (χ2v) is 5.05. The summed E-state index contributed by atoms with van der Waals surface area (Å²) in [5.41, 5.74) is 8.44. The summed E-state index contributed by atoms with van der Waals surface area (Å²) in [5.74, 6) is 0. The zero-order valence-corrected chi connectivity index (χ0v) is 10.9. The number of hydrogen-bond acceptors (Lipinski definition) is 3. The third-order valence-electron chi connectivity index (χ3n) is 3.68. The molecule has 1 aromatic carbocycles. The lowest BCUT2D eigenvalue weighted by Gasteiger charge is -2.38. The van der Waals surface area contributed by atoms with Gasteiger partial charge in [0.1, 0.15) is 0 Å². The van der Waals surface area contributed by atoms with Crippen LogP contribution in [0.2, 0.25) is 0 Å². The van der Waals surface area contributed by atoms with Gasteiger partial charge in [0, 0.05) is 38.8 Å². The summed E-state index contributed by atoms with van der Waals surface area (Å²) in [4.78, 5) is 4.95. The predicted molar refractivity (Wildman–Crippen MR) is 71.7 cm³/mol. The lowest BCUT2D eigenvalue weighted by atomic mass is 10.1. The minimum Gasteiger partial charge on any atom is -0.326 e. The molecule has 0 radical (unpaired) electrons. The molecule has 17 heavy (non-hydrogen) atoms. The number of rotatable bonds is 3. The highest BCUT2D eigenvalue weighted by Crippen LogP contribution is 2.15. The summed E-state index contributed by atoms with van der Waals surface area (Å²) < 4.78 is 0. The fourth-order valence-corrected chi connectivity index (χ4v) is 2.54. The Kier molecular flexibility index (Phi) is 4.15. The van der Waals surface area contributed by atoms with Gasteiger partial charge in [0.2, 0.25) is 0 Å². The van der Waals surface area contributed by atoms with Crippen LogP contribution in [0, 0.1) is 0 Å². The van der Waals surface area contributed by atoms with Crippen molar-refractivity contribution in [1.82, 2.24) is 9.80 Å². The highest BCUT2D eigenvalue weighted by Gasteiger charge is 2.21. The number of piperazine rings is 1. The Bertz CT molecular complexity index is 364. The maximum Gasteiger partial charge on any atom is 0.0240 e. The average molecular weight is 233 g/mol. The molecular weight excluding hydrogens is 210 g/mol. The molecule has 0 amide bonds. The van der Waals surface area contributed by atoms with Crippen molar-refractivity contribution >= 4 is 0 Å². The van der Waals surface area contributed by atoms with Gasteiger partial charge in [-0.15, -0.1) is 0 Å². The van der Waals surface area contributed by atoms with Crippen LogP contribution in [0.4, 0.5) is 0 Å². The standard InChI is InChI=1S/C14H23N3/c1-12-10-16(2)7-8-17(12)11-14-6-4-3-5-13(14)9-15/h3-6,12H,7-11,15H2,1-2H3. The quantitative estimate of drug-likeness (QED) is 0.853. The molecule has 94 valence electrons. The van der Waals surface area contributed by atoms with Gasteiger partial charge in [-0.3, -0.25) is 4.90 Å². The van der Waals surface area contributed by atoms with Crippen molar-refractivity contribution in [3.63, 3.8) is 0 Å². The molecule has 1 heterocycles. The number of likely N-dealkylation sites (N-methyl/N-ethyl adjacent to an activating group) is 1. The van der Waals surface area contributed by atoms with Crippen LogP contribution in [0.5, 0.6) is 0 Å². The second kappa shape index (κ2) is 5.63. The molecule has 0 spiro atoms. The third-order valence-corrected chi connectivity index (χ3v) is 3.68. The van der Waals surface area contributed by atoms with Crippen LogP contribution >= 0.6 is 0 Å². The van der Waals surface area contributed by atoms with E-state index in [-0.39, 0.29) is 0 Å². The molecule has 1 aliphatic rings. The monoisotopic (exact) mass is 233 g/mol. The molecule has 1 fully saturated rings. The van der Waals surface area contributed by atoms with Gasteiger partial charge in [-0.2, -0.15) is 0 Å². The van der Waals surface area contributed by atoms with E-state index in [0.717, 1.165) is 26.2 Å². The molecule has 1 aliphatic heterocycles. The average Bonchev–Trinajstić information content (AvgIpc) is 2.33. The Hall–Kier alpha value is -0.900. The first-order chi connectivity index (χ1) is 8.20. The third kappa shape index (κ3) is 3.06. The molecule has 2 rings (SSSR count). The Morgan fingerprint density at radius 1 is 1.24 bits per heavy atom. The van der Waals surface area contributed by atoms with E-state index in [9.17, 15) is 0 Å². The molecule has 0 aliphatic carbocycles. The number of nitrogens with zero attached hydrogens (tertiary/aromatic N) is 2. The van der Waals surface area contributed by atoms with E-state index >= 15 is 0 Å². The summed E-state index contributed by atoms with van der Waals surface area (Å²) in [6.45, 7) is 7.44. The predicted octanol–water partition coefficient (Wildman–Crippen LogP) is 1.28. The van der Waals surface area contributed by atoms with Gasteiger partial charge in [0.25, 0.3) is 0 Å². The highest BCUT2D eigenvalue weighted by atomic mass is 15.3. The van der Waals surface area contributed by atoms with Gasteiger partial charge in [0.05, 0.1) is 0 Å². The van der Waals surface area contributed by atoms with Crippen LogP contribution in [0.3, 0.4) is 0 Å². The van der Waals surface area contributed by atoms with Gasteiger partial charge < -0.3 is 10.6 Å². The van der Waals surface area contributed by atoms with Crippen LogP contribution in [0.25, 0.3) is 0 Å². The van der Waals surface area contributed by atoms with Crippen LogP contribution in [-0.2, 0) is 13.1 Å². The first kappa shape index (κ1) is 12.6. The van der Waals surface area contributed by atoms with Crippen LogP contribution in [-0.4, -0.2) is 42.5 Å². The van der Waals surface area contributed by atoms with E-state index in [4.69, 9.17) is 5.73 Å². The van der Waals surface area contributed by atoms with E-state index in [2.05, 4.69) is 48.0 Å². The lowest BCUT2D eigenvalue weighted by Crippen LogP contribution is -2.49. The number of nitrogens with two attached hydrogens (primary N) is 1. The lowest BCUT2D eigenvalue weighted by molar-refractivity contribution is 0.0936. The SMILES string of the molecule is CC1CN(C)CCN1Cc1ccccc1CN. The summed E-state index contributed by atoms with van der Waals surface area (Å²) in [6, 6.07) is 9.14. The summed E-state index contributed by atoms with van der Waals surface area (Å²) in [5, 5.41) is 0. The van der Waals surface area contributed by atoms with Crippen LogP contribution in [0.1, 0.15) is 18.1 Å². The van der Waals surface area contributed by atoms with Crippen LogP contribution in [0.15, 0.2) is 24.3 Å². The summed E-state index contributed by atoms with van der Waals surface area (Å²) in [6.07, 6.45) is 0. The van der Waals surface area contributed by atoms with Crippen molar-refractivity contribution in [2.75, 3.05) is 26.7 Å². The fourth-order valence-electron chi connectivity index (χ4n) is 2.54. The van der Waals surface area contributed by atoms with Gasteiger partial charge >= 0.3 is 0 Å². The normalized spacial score (nSPS) is 22.9. The molecule has 0 saturated carbocycles. The van der Waals surface area contributed by atoms with E-state index in [1.807, 2.05) is 0 Å². The Labute approximate surface area is 104 Å². The van der Waals surface area contributed by atoms with Crippen molar-refractivity contribution in [3.05, 3.63) is 35.4 Å². The van der Waals surface area contributed by atoms with E-state index in [0.29, 0.717) is 12.6 Å². The summed E-state index contributed by atoms with van der Waals surface area (Å²) >= 11 is 0. The maximum absolute atomic E-state index is 5.79. The second-order valence-electron chi connectivity index (χ2n) is 5.05. The molecule has 1 atom stereocenters. The van der Waals surface area contributed by atoms with Crippen molar-refractivity contribution in [2.45, 2.75) is 26.1 Å². The minimum atomic E-state index is 0.625. The smallest absolute Gasteiger partial charge is 0.0240 e. The number of benzene rings is 1. The van der Waals surface area contributed by atoms with E-state index in [1.54, 1.807) is 0 Å². The zero-order valence-electron chi connectivity index (χ0n) is 10.9. The minimum absolute atomic E-state index is 0.625. The molecule has 1 aromatic rings. The van der Waals surface area contributed by atoms with Gasteiger partial charge in [0.15, 0.2) is 0 Å². The molecule has 3 heteroatoms. The van der Waals surface area contributed by atoms with Gasteiger partial charge in [-0.25, -0.2) is 0 Å². The van der Waals surface area contributed by atoms with Crippen molar-refractivity contribution in [2.24, 2.45) is 5.73 Å². The first-order valence-corrected chi connectivity index (χ1v) is 6.40. The fraction of sp³-hybridized carbons (Fsp3) is 0.571.